The average Bonchev–Trinajstić information content (AvgIpc) is 3.44. The lowest BCUT2D eigenvalue weighted by Gasteiger charge is -2.05. The minimum absolute atomic E-state index is 0.615. The quantitative estimate of drug-likeness (QED) is 0.342. The third-order valence-electron chi connectivity index (χ3n) is 5.11. The van der Waals surface area contributed by atoms with Crippen molar-refractivity contribution in [2.75, 3.05) is 5.32 Å². The zero-order chi connectivity index (χ0) is 20.6. The van der Waals surface area contributed by atoms with Crippen LogP contribution < -0.4 is 5.32 Å². The van der Waals surface area contributed by atoms with E-state index in [0.717, 1.165) is 44.7 Å². The molecule has 1 N–H and O–H groups in total. The normalized spacial score (nSPS) is 11.2. The fourth-order valence-corrected chi connectivity index (χ4v) is 3.58. The van der Waals surface area contributed by atoms with Gasteiger partial charge >= 0.3 is 0 Å². The van der Waals surface area contributed by atoms with E-state index in [1.54, 1.807) is 0 Å². The minimum atomic E-state index is 0.615. The number of nitrogens with one attached hydrogen (secondary N) is 1. The molecule has 0 amide bonds. The Morgan fingerprint density at radius 2 is 1.10 bits per heavy atom. The predicted octanol–water partition coefficient (Wildman–Crippen LogP) is 7.05. The summed E-state index contributed by atoms with van der Waals surface area (Å²) in [4.78, 5) is 9.22. The van der Waals surface area contributed by atoms with Crippen molar-refractivity contribution in [3.05, 3.63) is 97.1 Å². The first-order chi connectivity index (χ1) is 15.3. The average molecular weight is 403 g/mol. The van der Waals surface area contributed by atoms with Crippen molar-refractivity contribution in [3.8, 4) is 22.9 Å². The van der Waals surface area contributed by atoms with Crippen molar-refractivity contribution in [2.45, 2.75) is 0 Å². The summed E-state index contributed by atoms with van der Waals surface area (Å²) >= 11 is 0. The summed E-state index contributed by atoms with van der Waals surface area (Å²) in [6.45, 7) is 0. The van der Waals surface area contributed by atoms with E-state index in [1.807, 2.05) is 97.1 Å². The van der Waals surface area contributed by atoms with Crippen LogP contribution in [-0.4, -0.2) is 9.97 Å². The Morgan fingerprint density at radius 3 is 1.81 bits per heavy atom. The number of aromatic nitrogens is 2. The highest BCUT2D eigenvalue weighted by atomic mass is 16.4. The number of rotatable bonds is 4. The van der Waals surface area contributed by atoms with Crippen LogP contribution in [0, 0.1) is 0 Å². The Hall–Kier alpha value is -4.38. The van der Waals surface area contributed by atoms with Crippen LogP contribution in [0.5, 0.6) is 0 Å². The van der Waals surface area contributed by atoms with Gasteiger partial charge in [-0.2, -0.15) is 0 Å². The highest BCUT2D eigenvalue weighted by Gasteiger charge is 2.11. The van der Waals surface area contributed by atoms with E-state index < -0.39 is 0 Å². The maximum Gasteiger partial charge on any atom is 0.227 e. The van der Waals surface area contributed by atoms with E-state index in [1.165, 1.54) is 0 Å². The molecule has 0 unspecified atom stereocenters. The third-order valence-corrected chi connectivity index (χ3v) is 5.11. The number of oxazole rings is 2. The number of anilines is 2. The number of nitrogens with zero attached hydrogens (tertiary/aromatic N) is 2. The molecular formula is C26H17N3O2. The minimum Gasteiger partial charge on any atom is -0.436 e. The zero-order valence-corrected chi connectivity index (χ0v) is 16.4. The molecule has 4 aromatic carbocycles. The molecule has 5 heteroatoms. The molecule has 0 saturated carbocycles. The fraction of sp³-hybridized carbons (Fsp3) is 0. The number of hydrogen-bond acceptors (Lipinski definition) is 5. The van der Waals surface area contributed by atoms with Gasteiger partial charge in [0.15, 0.2) is 11.2 Å². The summed E-state index contributed by atoms with van der Waals surface area (Å²) in [7, 11) is 0. The first kappa shape index (κ1) is 17.5. The molecule has 6 aromatic rings. The lowest BCUT2D eigenvalue weighted by Crippen LogP contribution is -1.89. The van der Waals surface area contributed by atoms with Crippen LogP contribution in [0.25, 0.3) is 45.1 Å². The standard InChI is InChI=1S/C26H17N3O2/c1-3-7-17(8-4-1)25-28-21-13-11-20(16-24(21)31-25)27-19-12-14-23-22(15-19)29-26(30-23)18-9-5-2-6-10-18/h1-16,27H. The Bertz CT molecular complexity index is 1390. The SMILES string of the molecule is c1ccc(-c2nc3cc(Nc4ccc5nc(-c6ccccc6)oc5c4)ccc3o2)cc1. The van der Waals surface area contributed by atoms with Crippen LogP contribution in [0.1, 0.15) is 0 Å². The second kappa shape index (κ2) is 7.15. The Labute approximate surface area is 178 Å². The molecule has 0 radical (unpaired) electrons. The van der Waals surface area contributed by atoms with Gasteiger partial charge in [-0.3, -0.25) is 0 Å². The highest BCUT2D eigenvalue weighted by molar-refractivity contribution is 5.84. The summed E-state index contributed by atoms with van der Waals surface area (Å²) in [5, 5.41) is 3.42. The monoisotopic (exact) mass is 403 g/mol. The number of benzene rings is 4. The molecule has 0 saturated heterocycles. The molecule has 148 valence electrons. The van der Waals surface area contributed by atoms with E-state index in [-0.39, 0.29) is 0 Å². The van der Waals surface area contributed by atoms with Crippen LogP contribution in [-0.2, 0) is 0 Å². The van der Waals surface area contributed by atoms with Gasteiger partial charge in [-0.15, -0.1) is 0 Å². The summed E-state index contributed by atoms with van der Waals surface area (Å²) in [5.41, 5.74) is 6.86. The van der Waals surface area contributed by atoms with Crippen molar-refractivity contribution >= 4 is 33.6 Å². The first-order valence-corrected chi connectivity index (χ1v) is 10.0. The van der Waals surface area contributed by atoms with Gasteiger partial charge in [0, 0.05) is 28.6 Å². The van der Waals surface area contributed by atoms with Crippen LogP contribution in [0.15, 0.2) is 106 Å². The van der Waals surface area contributed by atoms with E-state index in [9.17, 15) is 0 Å². The number of fused-ring (bicyclic) bond motifs is 2. The van der Waals surface area contributed by atoms with Crippen LogP contribution in [0.3, 0.4) is 0 Å². The fourth-order valence-electron chi connectivity index (χ4n) is 3.58. The summed E-state index contributed by atoms with van der Waals surface area (Å²) < 4.78 is 11.9. The molecule has 6 rings (SSSR count). The van der Waals surface area contributed by atoms with Gasteiger partial charge in [-0.05, 0) is 54.6 Å². The Balaban J connectivity index is 1.30. The van der Waals surface area contributed by atoms with Gasteiger partial charge in [-0.1, -0.05) is 36.4 Å². The van der Waals surface area contributed by atoms with Crippen molar-refractivity contribution < 1.29 is 8.83 Å². The Kier molecular flexibility index (Phi) is 4.03. The Morgan fingerprint density at radius 1 is 0.516 bits per heavy atom. The summed E-state index contributed by atoms with van der Waals surface area (Å²) in [6.07, 6.45) is 0. The molecule has 2 heterocycles. The lowest BCUT2D eigenvalue weighted by molar-refractivity contribution is 0.619. The maximum atomic E-state index is 5.98. The molecule has 0 bridgehead atoms. The van der Waals surface area contributed by atoms with Gasteiger partial charge in [0.25, 0.3) is 0 Å². The molecule has 0 aliphatic heterocycles. The van der Waals surface area contributed by atoms with Gasteiger partial charge < -0.3 is 14.2 Å². The summed E-state index contributed by atoms with van der Waals surface area (Å²) in [6, 6.07) is 31.6. The first-order valence-electron chi connectivity index (χ1n) is 10.0. The second-order valence-corrected chi connectivity index (χ2v) is 7.26. The molecule has 0 atom stereocenters. The topological polar surface area (TPSA) is 64.1 Å². The molecule has 5 nitrogen and oxygen atoms in total. The highest BCUT2D eigenvalue weighted by Crippen LogP contribution is 2.30. The largest absolute Gasteiger partial charge is 0.436 e. The van der Waals surface area contributed by atoms with Crippen LogP contribution in [0.4, 0.5) is 11.4 Å². The zero-order valence-electron chi connectivity index (χ0n) is 16.4. The molecule has 0 aliphatic carbocycles. The second-order valence-electron chi connectivity index (χ2n) is 7.26. The lowest BCUT2D eigenvalue weighted by atomic mass is 10.2. The molecular weight excluding hydrogens is 386 g/mol. The smallest absolute Gasteiger partial charge is 0.227 e. The molecule has 0 spiro atoms. The molecule has 31 heavy (non-hydrogen) atoms. The maximum absolute atomic E-state index is 5.98. The molecule has 0 aliphatic rings. The molecule has 2 aromatic heterocycles. The van der Waals surface area contributed by atoms with E-state index in [0.29, 0.717) is 11.8 Å². The van der Waals surface area contributed by atoms with E-state index in [4.69, 9.17) is 8.83 Å². The molecule has 0 fully saturated rings. The third kappa shape index (κ3) is 3.32. The van der Waals surface area contributed by atoms with Gasteiger partial charge in [-0.25, -0.2) is 9.97 Å². The van der Waals surface area contributed by atoms with Gasteiger partial charge in [0.05, 0.1) is 0 Å². The van der Waals surface area contributed by atoms with E-state index >= 15 is 0 Å². The van der Waals surface area contributed by atoms with Gasteiger partial charge in [0.2, 0.25) is 11.8 Å². The summed E-state index contributed by atoms with van der Waals surface area (Å²) in [5.74, 6) is 1.23. The number of hydrogen-bond donors (Lipinski definition) is 1. The van der Waals surface area contributed by atoms with Crippen molar-refractivity contribution in [2.24, 2.45) is 0 Å². The van der Waals surface area contributed by atoms with Crippen molar-refractivity contribution in [1.29, 1.82) is 0 Å². The van der Waals surface area contributed by atoms with Crippen molar-refractivity contribution in [1.82, 2.24) is 9.97 Å². The van der Waals surface area contributed by atoms with Crippen molar-refractivity contribution in [3.63, 3.8) is 0 Å². The van der Waals surface area contributed by atoms with Gasteiger partial charge in [0.1, 0.15) is 11.0 Å². The predicted molar refractivity (Wildman–Crippen MR) is 122 cm³/mol. The van der Waals surface area contributed by atoms with E-state index in [2.05, 4.69) is 15.3 Å². The van der Waals surface area contributed by atoms with Crippen LogP contribution >= 0.6 is 0 Å². The van der Waals surface area contributed by atoms with Crippen LogP contribution in [0.2, 0.25) is 0 Å².